The van der Waals surface area contributed by atoms with Crippen molar-refractivity contribution < 1.29 is 18.7 Å². The highest BCUT2D eigenvalue weighted by atomic mass is 19.1. The number of rotatable bonds is 10. The van der Waals surface area contributed by atoms with Gasteiger partial charge in [0.2, 0.25) is 5.91 Å². The molecule has 0 radical (unpaired) electrons. The molecule has 5 rings (SSSR count). The van der Waals surface area contributed by atoms with Crippen LogP contribution in [0.3, 0.4) is 0 Å². The zero-order valence-corrected chi connectivity index (χ0v) is 22.6. The average Bonchev–Trinajstić information content (AvgIpc) is 2.99. The van der Waals surface area contributed by atoms with Crippen molar-refractivity contribution >= 4 is 22.6 Å². The minimum Gasteiger partial charge on any atom is -0.483 e. The lowest BCUT2D eigenvalue weighted by atomic mass is 9.94. The smallest absolute Gasteiger partial charge is 0.261 e. The van der Waals surface area contributed by atoms with E-state index in [1.807, 2.05) is 72.8 Å². The summed E-state index contributed by atoms with van der Waals surface area (Å²) in [4.78, 5) is 29.3. The summed E-state index contributed by atoms with van der Waals surface area (Å²) < 4.78 is 19.8. The highest BCUT2D eigenvalue weighted by Crippen LogP contribution is 2.26. The third-order valence-corrected chi connectivity index (χ3v) is 7.59. The molecule has 1 atom stereocenters. The van der Waals surface area contributed by atoms with Crippen LogP contribution in [0.1, 0.15) is 43.2 Å². The number of carbonyl (C=O) groups excluding carboxylic acids is 2. The SMILES string of the molecule is O=C(NC1CCCCC1)[C@H](Cc1ccccc1)N(Cc1ccc(F)cc1)C(=O)COc1cccc2ccccc12. The van der Waals surface area contributed by atoms with Crippen molar-refractivity contribution in [3.63, 3.8) is 0 Å². The Labute approximate surface area is 235 Å². The molecule has 0 unspecified atom stereocenters. The second-order valence-electron chi connectivity index (χ2n) is 10.5. The lowest BCUT2D eigenvalue weighted by Gasteiger charge is -2.33. The van der Waals surface area contributed by atoms with Crippen molar-refractivity contribution in [2.45, 2.75) is 57.2 Å². The Morgan fingerprint density at radius 2 is 1.52 bits per heavy atom. The van der Waals surface area contributed by atoms with Gasteiger partial charge >= 0.3 is 0 Å². The Balaban J connectivity index is 1.43. The quantitative estimate of drug-likeness (QED) is 0.253. The van der Waals surface area contributed by atoms with Crippen LogP contribution in [0.2, 0.25) is 0 Å². The third-order valence-electron chi connectivity index (χ3n) is 7.59. The van der Waals surface area contributed by atoms with E-state index in [0.717, 1.165) is 47.6 Å². The van der Waals surface area contributed by atoms with Gasteiger partial charge in [0.05, 0.1) is 0 Å². The first-order valence-corrected chi connectivity index (χ1v) is 14.1. The third kappa shape index (κ3) is 7.06. The molecule has 1 aliphatic carbocycles. The van der Waals surface area contributed by atoms with E-state index in [1.54, 1.807) is 17.0 Å². The maximum atomic E-state index is 13.9. The molecule has 2 amide bonds. The second kappa shape index (κ2) is 13.2. The maximum Gasteiger partial charge on any atom is 0.261 e. The van der Waals surface area contributed by atoms with Gasteiger partial charge in [0.15, 0.2) is 6.61 Å². The van der Waals surface area contributed by atoms with Gasteiger partial charge < -0.3 is 15.0 Å². The summed E-state index contributed by atoms with van der Waals surface area (Å²) in [7, 11) is 0. The monoisotopic (exact) mass is 538 g/mol. The minimum atomic E-state index is -0.752. The number of ether oxygens (including phenoxy) is 1. The summed E-state index contributed by atoms with van der Waals surface area (Å²) in [5.41, 5.74) is 1.70. The predicted molar refractivity (Wildman–Crippen MR) is 155 cm³/mol. The molecule has 40 heavy (non-hydrogen) atoms. The summed E-state index contributed by atoms with van der Waals surface area (Å²) in [6.45, 7) is -0.0647. The average molecular weight is 539 g/mol. The van der Waals surface area contributed by atoms with Crippen LogP contribution in [0.25, 0.3) is 10.8 Å². The van der Waals surface area contributed by atoms with Gasteiger partial charge in [-0.25, -0.2) is 4.39 Å². The molecule has 0 spiro atoms. The summed E-state index contributed by atoms with van der Waals surface area (Å²) in [5, 5.41) is 5.17. The fourth-order valence-electron chi connectivity index (χ4n) is 5.43. The molecular weight excluding hydrogens is 503 g/mol. The van der Waals surface area contributed by atoms with E-state index in [-0.39, 0.29) is 36.8 Å². The van der Waals surface area contributed by atoms with Crippen molar-refractivity contribution in [1.82, 2.24) is 10.2 Å². The number of nitrogens with one attached hydrogen (secondary N) is 1. The molecule has 4 aromatic carbocycles. The Hall–Kier alpha value is -4.19. The van der Waals surface area contributed by atoms with Crippen LogP contribution in [-0.4, -0.2) is 35.4 Å². The van der Waals surface area contributed by atoms with Gasteiger partial charge in [0, 0.05) is 24.4 Å². The van der Waals surface area contributed by atoms with Crippen LogP contribution in [0, 0.1) is 5.82 Å². The molecule has 206 valence electrons. The fraction of sp³-hybridized carbons (Fsp3) is 0.294. The minimum absolute atomic E-state index is 0.106. The topological polar surface area (TPSA) is 58.6 Å². The number of hydrogen-bond donors (Lipinski definition) is 1. The molecular formula is C34H35FN2O3. The van der Waals surface area contributed by atoms with Crippen LogP contribution >= 0.6 is 0 Å². The lowest BCUT2D eigenvalue weighted by molar-refractivity contribution is -0.143. The maximum absolute atomic E-state index is 13.9. The number of amides is 2. The van der Waals surface area contributed by atoms with E-state index >= 15 is 0 Å². The molecule has 1 N–H and O–H groups in total. The molecule has 0 aliphatic heterocycles. The Morgan fingerprint density at radius 3 is 2.30 bits per heavy atom. The number of hydrogen-bond acceptors (Lipinski definition) is 3. The molecule has 1 saturated carbocycles. The Kier molecular flexibility index (Phi) is 9.07. The van der Waals surface area contributed by atoms with Gasteiger partial charge in [-0.3, -0.25) is 9.59 Å². The van der Waals surface area contributed by atoms with Crippen molar-refractivity contribution in [3.05, 3.63) is 114 Å². The normalized spacial score (nSPS) is 14.4. The number of benzene rings is 4. The first kappa shape index (κ1) is 27.4. The van der Waals surface area contributed by atoms with E-state index in [9.17, 15) is 14.0 Å². The number of carbonyl (C=O) groups is 2. The van der Waals surface area contributed by atoms with E-state index < -0.39 is 6.04 Å². The summed E-state index contributed by atoms with van der Waals surface area (Å²) >= 11 is 0. The van der Waals surface area contributed by atoms with Gasteiger partial charge in [0.25, 0.3) is 5.91 Å². The van der Waals surface area contributed by atoms with Crippen molar-refractivity contribution in [3.8, 4) is 5.75 Å². The van der Waals surface area contributed by atoms with E-state index in [1.165, 1.54) is 18.6 Å². The first-order chi connectivity index (χ1) is 19.6. The largest absolute Gasteiger partial charge is 0.483 e. The zero-order valence-electron chi connectivity index (χ0n) is 22.6. The van der Waals surface area contributed by atoms with Gasteiger partial charge in [-0.2, -0.15) is 0 Å². The molecule has 5 nitrogen and oxygen atoms in total. The second-order valence-corrected chi connectivity index (χ2v) is 10.5. The molecule has 1 aliphatic rings. The van der Waals surface area contributed by atoms with Crippen LogP contribution in [-0.2, 0) is 22.6 Å². The van der Waals surface area contributed by atoms with Crippen LogP contribution in [0.5, 0.6) is 5.75 Å². The Morgan fingerprint density at radius 1 is 0.825 bits per heavy atom. The predicted octanol–water partition coefficient (Wildman–Crippen LogP) is 6.45. The number of nitrogens with zero attached hydrogens (tertiary/aromatic N) is 1. The molecule has 0 heterocycles. The Bertz CT molecular complexity index is 1410. The number of fused-ring (bicyclic) bond motifs is 1. The first-order valence-electron chi connectivity index (χ1n) is 14.1. The van der Waals surface area contributed by atoms with E-state index in [2.05, 4.69) is 5.32 Å². The van der Waals surface area contributed by atoms with Gasteiger partial charge in [-0.15, -0.1) is 0 Å². The van der Waals surface area contributed by atoms with Crippen molar-refractivity contribution in [2.75, 3.05) is 6.61 Å². The zero-order chi connectivity index (χ0) is 27.7. The molecule has 0 saturated heterocycles. The van der Waals surface area contributed by atoms with E-state index in [4.69, 9.17) is 4.74 Å². The highest BCUT2D eigenvalue weighted by molar-refractivity contribution is 5.90. The van der Waals surface area contributed by atoms with Crippen LogP contribution in [0.15, 0.2) is 97.1 Å². The summed E-state index contributed by atoms with van der Waals surface area (Å²) in [6.07, 6.45) is 5.61. The fourth-order valence-corrected chi connectivity index (χ4v) is 5.43. The number of halogens is 1. The lowest BCUT2D eigenvalue weighted by Crippen LogP contribution is -2.53. The van der Waals surface area contributed by atoms with E-state index in [0.29, 0.717) is 12.2 Å². The molecule has 0 bridgehead atoms. The highest BCUT2D eigenvalue weighted by Gasteiger charge is 2.32. The molecule has 6 heteroatoms. The van der Waals surface area contributed by atoms with Crippen LogP contribution < -0.4 is 10.1 Å². The summed E-state index contributed by atoms with van der Waals surface area (Å²) in [5.74, 6) is -0.218. The van der Waals surface area contributed by atoms with Crippen molar-refractivity contribution in [1.29, 1.82) is 0 Å². The summed E-state index contributed by atoms with van der Waals surface area (Å²) in [6, 6.07) is 28.7. The van der Waals surface area contributed by atoms with Crippen molar-refractivity contribution in [2.24, 2.45) is 0 Å². The van der Waals surface area contributed by atoms with Gasteiger partial charge in [-0.1, -0.05) is 98.1 Å². The van der Waals surface area contributed by atoms with Crippen LogP contribution in [0.4, 0.5) is 4.39 Å². The van der Waals surface area contributed by atoms with Gasteiger partial charge in [-0.05, 0) is 47.6 Å². The molecule has 4 aromatic rings. The van der Waals surface area contributed by atoms with Gasteiger partial charge in [0.1, 0.15) is 17.6 Å². The molecule has 0 aromatic heterocycles. The standard InChI is InChI=1S/C34H35FN2O3/c35-28-20-18-26(19-21-28)23-37(33(38)24-40-32-17-9-13-27-12-7-8-16-30(27)32)31(22-25-10-3-1-4-11-25)34(39)36-29-14-5-2-6-15-29/h1,3-4,7-13,16-21,29,31H,2,5-6,14-15,22-24H2,(H,36,39)/t31-/m0/s1. The molecule has 1 fully saturated rings.